The molecule has 2 rings (SSSR count). The molecule has 0 aromatic rings. The largest absolute Gasteiger partial charge is 0.480 e. The highest BCUT2D eigenvalue weighted by Crippen LogP contribution is 2.27. The van der Waals surface area contributed by atoms with E-state index in [9.17, 15) is 9.59 Å². The number of rotatable bonds is 5. The number of carbonyl (C=O) groups excluding carboxylic acids is 1. The number of hydrogen-bond donors (Lipinski definition) is 1. The summed E-state index contributed by atoms with van der Waals surface area (Å²) in [5.74, 6) is -0.114. The van der Waals surface area contributed by atoms with Crippen LogP contribution in [0.3, 0.4) is 0 Å². The summed E-state index contributed by atoms with van der Waals surface area (Å²) < 4.78 is 0. The van der Waals surface area contributed by atoms with Gasteiger partial charge in [-0.05, 0) is 32.6 Å². The van der Waals surface area contributed by atoms with Crippen LogP contribution in [0.2, 0.25) is 0 Å². The quantitative estimate of drug-likeness (QED) is 0.831. The Bertz CT molecular complexity index is 376. The van der Waals surface area contributed by atoms with Crippen LogP contribution in [0.4, 0.5) is 4.79 Å². The lowest BCUT2D eigenvalue weighted by Crippen LogP contribution is -2.56. The summed E-state index contributed by atoms with van der Waals surface area (Å²) in [5.41, 5.74) is 0. The standard InChI is InChI=1S/C15H27N3O3/c1-3-16(11-13-5-4-6-13)15(21)18-9-7-17(8-10-18)12(2)14(19)20/h12-13H,3-11H2,1-2H3,(H,19,20). The number of urea groups is 1. The number of hydrogen-bond acceptors (Lipinski definition) is 3. The fraction of sp³-hybridized carbons (Fsp3) is 0.867. The SMILES string of the molecule is CCN(CC1CCC1)C(=O)N1CCN(C(C)C(=O)O)CC1. The average molecular weight is 297 g/mol. The van der Waals surface area contributed by atoms with E-state index in [4.69, 9.17) is 5.11 Å². The van der Waals surface area contributed by atoms with Crippen molar-refractivity contribution in [2.24, 2.45) is 5.92 Å². The Morgan fingerprint density at radius 2 is 1.86 bits per heavy atom. The van der Waals surface area contributed by atoms with Gasteiger partial charge in [0.15, 0.2) is 0 Å². The van der Waals surface area contributed by atoms with Crippen LogP contribution in [-0.2, 0) is 4.79 Å². The van der Waals surface area contributed by atoms with Crippen molar-refractivity contribution >= 4 is 12.0 Å². The lowest BCUT2D eigenvalue weighted by atomic mass is 9.85. The zero-order valence-corrected chi connectivity index (χ0v) is 13.1. The highest BCUT2D eigenvalue weighted by Gasteiger charge is 2.30. The van der Waals surface area contributed by atoms with Crippen LogP contribution in [0.5, 0.6) is 0 Å². The summed E-state index contributed by atoms with van der Waals surface area (Å²) >= 11 is 0. The summed E-state index contributed by atoms with van der Waals surface area (Å²) in [6.45, 7) is 7.88. The molecule has 6 nitrogen and oxygen atoms in total. The molecule has 1 saturated carbocycles. The molecule has 120 valence electrons. The van der Waals surface area contributed by atoms with Gasteiger partial charge in [0.25, 0.3) is 0 Å². The van der Waals surface area contributed by atoms with Crippen molar-refractivity contribution < 1.29 is 14.7 Å². The summed E-state index contributed by atoms with van der Waals surface area (Å²) in [4.78, 5) is 29.3. The average Bonchev–Trinajstić information content (AvgIpc) is 2.45. The van der Waals surface area contributed by atoms with Crippen molar-refractivity contribution in [3.8, 4) is 0 Å². The molecule has 6 heteroatoms. The van der Waals surface area contributed by atoms with Gasteiger partial charge in [0.05, 0.1) is 0 Å². The van der Waals surface area contributed by atoms with Crippen LogP contribution in [0.25, 0.3) is 0 Å². The Hall–Kier alpha value is -1.30. The molecule has 0 aromatic carbocycles. The number of carboxylic acids is 1. The van der Waals surface area contributed by atoms with Crippen molar-refractivity contribution in [2.45, 2.75) is 39.2 Å². The van der Waals surface area contributed by atoms with E-state index >= 15 is 0 Å². The van der Waals surface area contributed by atoms with E-state index in [1.165, 1.54) is 19.3 Å². The molecular weight excluding hydrogens is 270 g/mol. The van der Waals surface area contributed by atoms with Gasteiger partial charge in [0.1, 0.15) is 6.04 Å². The van der Waals surface area contributed by atoms with Crippen molar-refractivity contribution in [3.63, 3.8) is 0 Å². The molecule has 0 spiro atoms. The Balaban J connectivity index is 1.82. The van der Waals surface area contributed by atoms with Crippen molar-refractivity contribution in [1.29, 1.82) is 0 Å². The molecule has 1 heterocycles. The molecule has 2 amide bonds. The van der Waals surface area contributed by atoms with E-state index < -0.39 is 12.0 Å². The molecule has 0 bridgehead atoms. The minimum Gasteiger partial charge on any atom is -0.480 e. The van der Waals surface area contributed by atoms with Crippen LogP contribution in [-0.4, -0.2) is 77.1 Å². The number of aliphatic carboxylic acids is 1. The predicted molar refractivity (Wildman–Crippen MR) is 80.2 cm³/mol. The fourth-order valence-corrected chi connectivity index (χ4v) is 2.99. The minimum atomic E-state index is -0.796. The Labute approximate surface area is 126 Å². The summed E-state index contributed by atoms with van der Waals surface area (Å²) in [5, 5.41) is 9.04. The maximum atomic E-state index is 12.5. The normalized spacial score (nSPS) is 21.7. The maximum absolute atomic E-state index is 12.5. The first-order valence-electron chi connectivity index (χ1n) is 8.03. The highest BCUT2D eigenvalue weighted by molar-refractivity contribution is 5.75. The number of piperazine rings is 1. The predicted octanol–water partition coefficient (Wildman–Crippen LogP) is 1.32. The van der Waals surface area contributed by atoms with E-state index in [1.54, 1.807) is 6.92 Å². The van der Waals surface area contributed by atoms with Crippen LogP contribution >= 0.6 is 0 Å². The second-order valence-corrected chi connectivity index (χ2v) is 6.16. The summed E-state index contributed by atoms with van der Waals surface area (Å²) in [7, 11) is 0. The maximum Gasteiger partial charge on any atom is 0.320 e. The lowest BCUT2D eigenvalue weighted by molar-refractivity contribution is -0.143. The molecule has 1 aliphatic carbocycles. The van der Waals surface area contributed by atoms with E-state index in [-0.39, 0.29) is 6.03 Å². The van der Waals surface area contributed by atoms with Crippen molar-refractivity contribution in [1.82, 2.24) is 14.7 Å². The zero-order valence-electron chi connectivity index (χ0n) is 13.1. The Morgan fingerprint density at radius 1 is 1.24 bits per heavy atom. The van der Waals surface area contributed by atoms with E-state index in [2.05, 4.69) is 0 Å². The number of nitrogens with zero attached hydrogens (tertiary/aromatic N) is 3. The zero-order chi connectivity index (χ0) is 15.4. The van der Waals surface area contributed by atoms with Gasteiger partial charge in [-0.25, -0.2) is 4.79 Å². The van der Waals surface area contributed by atoms with Crippen LogP contribution < -0.4 is 0 Å². The first kappa shape index (κ1) is 16.1. The van der Waals surface area contributed by atoms with E-state index in [0.29, 0.717) is 32.1 Å². The van der Waals surface area contributed by atoms with Crippen molar-refractivity contribution in [3.05, 3.63) is 0 Å². The smallest absolute Gasteiger partial charge is 0.320 e. The third-order valence-electron chi connectivity index (χ3n) is 4.85. The molecule has 0 aromatic heterocycles. The van der Waals surface area contributed by atoms with Gasteiger partial charge in [-0.15, -0.1) is 0 Å². The summed E-state index contributed by atoms with van der Waals surface area (Å²) in [6.07, 6.45) is 3.78. The van der Waals surface area contributed by atoms with Gasteiger partial charge in [-0.2, -0.15) is 0 Å². The summed E-state index contributed by atoms with van der Waals surface area (Å²) in [6, 6.07) is -0.355. The van der Waals surface area contributed by atoms with Crippen LogP contribution in [0.15, 0.2) is 0 Å². The number of carboxylic acid groups (broad SMARTS) is 1. The molecule has 1 saturated heterocycles. The lowest BCUT2D eigenvalue weighted by Gasteiger charge is -2.40. The van der Waals surface area contributed by atoms with Gasteiger partial charge < -0.3 is 14.9 Å². The highest BCUT2D eigenvalue weighted by atomic mass is 16.4. The molecule has 2 fully saturated rings. The number of carbonyl (C=O) groups is 2. The van der Waals surface area contributed by atoms with Crippen LogP contribution in [0.1, 0.15) is 33.1 Å². The van der Waals surface area contributed by atoms with Gasteiger partial charge in [-0.3, -0.25) is 9.69 Å². The molecule has 2 aliphatic rings. The molecule has 1 unspecified atom stereocenters. The molecule has 0 radical (unpaired) electrons. The van der Waals surface area contributed by atoms with E-state index in [1.807, 2.05) is 21.6 Å². The number of amides is 2. The van der Waals surface area contributed by atoms with Gasteiger partial charge in [-0.1, -0.05) is 6.42 Å². The fourth-order valence-electron chi connectivity index (χ4n) is 2.99. The van der Waals surface area contributed by atoms with Gasteiger partial charge in [0.2, 0.25) is 0 Å². The van der Waals surface area contributed by atoms with E-state index in [0.717, 1.165) is 13.1 Å². The minimum absolute atomic E-state index is 0.118. The van der Waals surface area contributed by atoms with Crippen LogP contribution in [0, 0.1) is 5.92 Å². The third kappa shape index (κ3) is 3.87. The monoisotopic (exact) mass is 297 g/mol. The molecular formula is C15H27N3O3. The first-order chi connectivity index (χ1) is 10.0. The second-order valence-electron chi connectivity index (χ2n) is 6.16. The Kier molecular flexibility index (Phi) is 5.45. The topological polar surface area (TPSA) is 64.1 Å². The van der Waals surface area contributed by atoms with Crippen molar-refractivity contribution in [2.75, 3.05) is 39.3 Å². The Morgan fingerprint density at radius 3 is 2.29 bits per heavy atom. The molecule has 1 atom stereocenters. The van der Waals surface area contributed by atoms with Gasteiger partial charge in [0, 0.05) is 39.3 Å². The molecule has 1 N–H and O–H groups in total. The second kappa shape index (κ2) is 7.11. The molecule has 1 aliphatic heterocycles. The van der Waals surface area contributed by atoms with Gasteiger partial charge >= 0.3 is 12.0 Å². The molecule has 21 heavy (non-hydrogen) atoms. The first-order valence-corrected chi connectivity index (χ1v) is 8.03. The third-order valence-corrected chi connectivity index (χ3v) is 4.85.